The van der Waals surface area contributed by atoms with Crippen molar-refractivity contribution < 1.29 is 32.6 Å². The first-order valence-electron chi connectivity index (χ1n) is 15.1. The molecule has 0 unspecified atom stereocenters. The molecule has 5 rings (SSSR count). The third-order valence-corrected chi connectivity index (χ3v) is 10.7. The maximum Gasteiger partial charge on any atom is 0.339 e. The Kier molecular flexibility index (Phi) is 8.65. The highest BCUT2D eigenvalue weighted by atomic mass is 32.2. The predicted octanol–water partition coefficient (Wildman–Crippen LogP) is 3.84. The molecule has 11 nitrogen and oxygen atoms in total. The second kappa shape index (κ2) is 12.1. The van der Waals surface area contributed by atoms with Gasteiger partial charge in [-0.25, -0.2) is 18.0 Å². The first kappa shape index (κ1) is 33.0. The molecule has 6 N–H and O–H groups in total. The molecule has 0 radical (unpaired) electrons. The number of rotatable bonds is 11. The Balaban J connectivity index is 1.52. The Morgan fingerprint density at radius 2 is 1.61 bits per heavy atom. The Bertz CT molecular complexity index is 1820. The van der Waals surface area contributed by atoms with E-state index in [0.29, 0.717) is 28.9 Å². The van der Waals surface area contributed by atoms with E-state index in [1.807, 2.05) is 62.4 Å². The maximum atomic E-state index is 14.2. The van der Waals surface area contributed by atoms with Crippen molar-refractivity contribution in [3.05, 3.63) is 81.9 Å². The van der Waals surface area contributed by atoms with E-state index in [2.05, 4.69) is 9.71 Å². The first-order chi connectivity index (χ1) is 21.6. The lowest BCUT2D eigenvalue weighted by atomic mass is 9.94. The van der Waals surface area contributed by atoms with Gasteiger partial charge in [0.05, 0.1) is 4.90 Å². The number of sulfonamides is 1. The number of aliphatic carboxylic acids is 1. The van der Waals surface area contributed by atoms with E-state index < -0.39 is 39.5 Å². The number of hydrogen-bond donors (Lipinski definition) is 4. The van der Waals surface area contributed by atoms with Gasteiger partial charge >= 0.3 is 11.9 Å². The molecular weight excluding hydrogens is 608 g/mol. The number of guanidine groups is 1. The molecule has 244 valence electrons. The molecule has 1 aliphatic carbocycles. The highest BCUT2D eigenvalue weighted by Gasteiger charge is 2.52. The third-order valence-electron chi connectivity index (χ3n) is 8.93. The quantitative estimate of drug-likeness (QED) is 0.0789. The standard InChI is InChI=1S/C34H40N4O7S/c1-19-20(2)29(21(3)26-17-33(4,5)45-28(19)26)46(42,43)38-34(30(39)40,15-10-16-37-32(35)36)31(41)44-18-27-24-13-8-6-11-22(24)23-12-7-9-14-25(23)27/h6-9,11-14,27,38H,10,15-18H2,1-5H3,(H,39,40)(H4,35,36,37)/t34-/m0/s1. The fraction of sp³-hybridized carbons (Fsp3) is 0.382. The summed E-state index contributed by atoms with van der Waals surface area (Å²) in [5, 5.41) is 10.6. The van der Waals surface area contributed by atoms with Gasteiger partial charge in [-0.1, -0.05) is 48.5 Å². The number of carboxylic acids is 1. The SMILES string of the molecule is Cc1c(C)c(S(=O)(=O)N[C@@](CCCN=C(N)N)(C(=O)O)C(=O)OCC2c3ccccc3-c3ccccc32)c(C)c2c1OC(C)(C)C2. The molecular formula is C34H40N4O7S. The number of hydrogen-bond acceptors (Lipinski definition) is 7. The summed E-state index contributed by atoms with van der Waals surface area (Å²) in [4.78, 5) is 30.9. The van der Waals surface area contributed by atoms with Crippen LogP contribution in [-0.4, -0.2) is 55.7 Å². The summed E-state index contributed by atoms with van der Waals surface area (Å²) >= 11 is 0. The van der Waals surface area contributed by atoms with Gasteiger partial charge in [0.25, 0.3) is 0 Å². The van der Waals surface area contributed by atoms with Crippen LogP contribution < -0.4 is 20.9 Å². The van der Waals surface area contributed by atoms with Gasteiger partial charge in [0.15, 0.2) is 5.96 Å². The van der Waals surface area contributed by atoms with Gasteiger partial charge in [0.1, 0.15) is 18.0 Å². The van der Waals surface area contributed by atoms with E-state index in [0.717, 1.165) is 27.8 Å². The van der Waals surface area contributed by atoms with E-state index >= 15 is 0 Å². The molecule has 0 saturated heterocycles. The fourth-order valence-electron chi connectivity index (χ4n) is 6.63. The smallest absolute Gasteiger partial charge is 0.339 e. The van der Waals surface area contributed by atoms with Crippen LogP contribution in [0.5, 0.6) is 5.75 Å². The van der Waals surface area contributed by atoms with Gasteiger partial charge in [-0.3, -0.25) is 4.99 Å². The molecule has 2 aliphatic rings. The van der Waals surface area contributed by atoms with Gasteiger partial charge in [-0.2, -0.15) is 4.72 Å². The molecule has 46 heavy (non-hydrogen) atoms. The monoisotopic (exact) mass is 648 g/mol. The minimum Gasteiger partial charge on any atom is -0.487 e. The lowest BCUT2D eigenvalue weighted by Crippen LogP contribution is -2.61. The zero-order valence-corrected chi connectivity index (χ0v) is 27.5. The van der Waals surface area contributed by atoms with E-state index in [1.165, 1.54) is 0 Å². The second-order valence-electron chi connectivity index (χ2n) is 12.6. The van der Waals surface area contributed by atoms with Crippen molar-refractivity contribution in [2.24, 2.45) is 16.5 Å². The van der Waals surface area contributed by atoms with E-state index in [9.17, 15) is 23.1 Å². The van der Waals surface area contributed by atoms with Crippen LogP contribution in [0.25, 0.3) is 11.1 Å². The number of carboxylic acid groups (broad SMARTS) is 1. The number of carbonyl (C=O) groups is 2. The lowest BCUT2D eigenvalue weighted by Gasteiger charge is -2.30. The molecule has 1 aliphatic heterocycles. The summed E-state index contributed by atoms with van der Waals surface area (Å²) in [6.07, 6.45) is -0.0277. The third kappa shape index (κ3) is 5.82. The molecule has 0 saturated carbocycles. The van der Waals surface area contributed by atoms with Crippen LogP contribution in [0.2, 0.25) is 0 Å². The number of esters is 1. The number of nitrogens with one attached hydrogen (secondary N) is 1. The largest absolute Gasteiger partial charge is 0.487 e. The predicted molar refractivity (Wildman–Crippen MR) is 174 cm³/mol. The van der Waals surface area contributed by atoms with Crippen molar-refractivity contribution in [2.75, 3.05) is 13.2 Å². The van der Waals surface area contributed by atoms with Crippen LogP contribution in [0.3, 0.4) is 0 Å². The van der Waals surface area contributed by atoms with E-state index in [1.54, 1.807) is 20.8 Å². The summed E-state index contributed by atoms with van der Waals surface area (Å²) in [6.45, 7) is 8.67. The highest BCUT2D eigenvalue weighted by Crippen LogP contribution is 2.46. The van der Waals surface area contributed by atoms with Crippen LogP contribution in [0.1, 0.15) is 66.0 Å². The summed E-state index contributed by atoms with van der Waals surface area (Å²) < 4.78 is 42.7. The molecule has 3 aromatic carbocycles. The van der Waals surface area contributed by atoms with Crippen molar-refractivity contribution in [1.82, 2.24) is 4.72 Å². The number of carbonyl (C=O) groups excluding carboxylic acids is 1. The Hall–Kier alpha value is -4.42. The van der Waals surface area contributed by atoms with Crippen molar-refractivity contribution in [3.8, 4) is 16.9 Å². The van der Waals surface area contributed by atoms with Crippen LogP contribution in [0.4, 0.5) is 0 Å². The molecule has 0 amide bonds. The number of fused-ring (bicyclic) bond motifs is 4. The summed E-state index contributed by atoms with van der Waals surface area (Å²) in [5.41, 5.74) is 13.7. The fourth-order valence-corrected chi connectivity index (χ4v) is 8.55. The molecule has 3 aromatic rings. The topological polar surface area (TPSA) is 183 Å². The van der Waals surface area contributed by atoms with Gasteiger partial charge in [-0.05, 0) is 86.4 Å². The molecule has 0 fully saturated rings. The van der Waals surface area contributed by atoms with Crippen molar-refractivity contribution in [1.29, 1.82) is 0 Å². The zero-order chi connectivity index (χ0) is 33.6. The number of nitrogens with zero attached hydrogens (tertiary/aromatic N) is 1. The Labute approximate surface area is 269 Å². The van der Waals surface area contributed by atoms with Gasteiger partial charge in [0.2, 0.25) is 15.6 Å². The van der Waals surface area contributed by atoms with Crippen LogP contribution in [0.15, 0.2) is 58.4 Å². The molecule has 12 heteroatoms. The molecule has 0 bridgehead atoms. The van der Waals surface area contributed by atoms with Gasteiger partial charge in [-0.15, -0.1) is 0 Å². The minimum absolute atomic E-state index is 0.0277. The van der Waals surface area contributed by atoms with E-state index in [4.69, 9.17) is 20.9 Å². The number of ether oxygens (including phenoxy) is 2. The summed E-state index contributed by atoms with van der Waals surface area (Å²) in [7, 11) is -4.61. The number of nitrogens with two attached hydrogens (primary N) is 2. The second-order valence-corrected chi connectivity index (χ2v) is 14.2. The average Bonchev–Trinajstić information content (AvgIpc) is 3.50. The lowest BCUT2D eigenvalue weighted by molar-refractivity contribution is -0.162. The Morgan fingerprint density at radius 1 is 1.02 bits per heavy atom. The molecule has 1 heterocycles. The van der Waals surface area contributed by atoms with Gasteiger partial charge < -0.3 is 26.0 Å². The number of benzene rings is 3. The van der Waals surface area contributed by atoms with Crippen molar-refractivity contribution in [2.45, 2.75) is 75.8 Å². The van der Waals surface area contributed by atoms with E-state index in [-0.39, 0.29) is 36.3 Å². The molecule has 0 aromatic heterocycles. The van der Waals surface area contributed by atoms with Gasteiger partial charge in [0, 0.05) is 24.4 Å². The maximum absolute atomic E-state index is 14.2. The van der Waals surface area contributed by atoms with Crippen LogP contribution in [-0.2, 0) is 30.8 Å². The number of aliphatic imine (C=N–C) groups is 1. The first-order valence-corrected chi connectivity index (χ1v) is 16.6. The summed E-state index contributed by atoms with van der Waals surface area (Å²) in [6, 6.07) is 15.4. The van der Waals surface area contributed by atoms with Crippen molar-refractivity contribution in [3.63, 3.8) is 0 Å². The summed E-state index contributed by atoms with van der Waals surface area (Å²) in [5.74, 6) is -2.89. The Morgan fingerprint density at radius 3 is 2.17 bits per heavy atom. The van der Waals surface area contributed by atoms with Crippen LogP contribution in [0, 0.1) is 20.8 Å². The minimum atomic E-state index is -4.61. The van der Waals surface area contributed by atoms with Crippen molar-refractivity contribution >= 4 is 27.9 Å². The molecule has 1 atom stereocenters. The molecule has 0 spiro atoms. The van der Waals surface area contributed by atoms with Crippen LogP contribution >= 0.6 is 0 Å². The zero-order valence-electron chi connectivity index (χ0n) is 26.6. The average molecular weight is 649 g/mol. The normalized spacial score (nSPS) is 16.0. The highest BCUT2D eigenvalue weighted by molar-refractivity contribution is 7.89.